The molecule has 1 amide bonds. The first-order valence-corrected chi connectivity index (χ1v) is 11.2. The van der Waals surface area contributed by atoms with E-state index in [1.807, 2.05) is 12.2 Å². The number of carboxylic acids is 1. The molecule has 0 aliphatic heterocycles. The van der Waals surface area contributed by atoms with Gasteiger partial charge in [0, 0.05) is 4.88 Å². The Bertz CT molecular complexity index is 886. The highest BCUT2D eigenvalue weighted by atomic mass is 32.1. The molecule has 2 bridgehead atoms. The third-order valence-corrected chi connectivity index (χ3v) is 7.51. The summed E-state index contributed by atoms with van der Waals surface area (Å²) < 4.78 is 5.46. The van der Waals surface area contributed by atoms with Crippen LogP contribution in [0, 0.1) is 29.6 Å². The summed E-state index contributed by atoms with van der Waals surface area (Å²) in [6.07, 6.45) is 7.00. The molecular formula is C22H27NO5S. The lowest BCUT2D eigenvalue weighted by molar-refractivity contribution is -0.146. The van der Waals surface area contributed by atoms with E-state index in [0.717, 1.165) is 29.7 Å². The molecule has 1 aromatic heterocycles. The van der Waals surface area contributed by atoms with Crippen molar-refractivity contribution < 1.29 is 24.2 Å². The van der Waals surface area contributed by atoms with Gasteiger partial charge in [0.2, 0.25) is 5.91 Å². The fourth-order valence-electron chi connectivity index (χ4n) is 5.04. The van der Waals surface area contributed by atoms with Gasteiger partial charge in [-0.15, -0.1) is 11.3 Å². The number of thiophene rings is 1. The molecule has 1 saturated carbocycles. The van der Waals surface area contributed by atoms with Gasteiger partial charge in [-0.2, -0.15) is 0 Å². The number of nitrogens with one attached hydrogen (secondary N) is 1. The Morgan fingerprint density at radius 2 is 1.90 bits per heavy atom. The van der Waals surface area contributed by atoms with Crippen LogP contribution < -0.4 is 5.32 Å². The third-order valence-electron chi connectivity index (χ3n) is 6.34. The zero-order valence-corrected chi connectivity index (χ0v) is 17.8. The maximum atomic E-state index is 13.1. The molecule has 0 aromatic carbocycles. The normalized spacial score (nSPS) is 29.7. The Hall–Kier alpha value is -2.15. The average Bonchev–Trinajstić information content (AvgIpc) is 3.32. The molecule has 4 rings (SSSR count). The van der Waals surface area contributed by atoms with Gasteiger partial charge < -0.3 is 15.2 Å². The van der Waals surface area contributed by atoms with E-state index in [9.17, 15) is 19.5 Å². The van der Waals surface area contributed by atoms with Crippen molar-refractivity contribution in [3.63, 3.8) is 0 Å². The molecule has 6 nitrogen and oxygen atoms in total. The molecule has 3 aliphatic carbocycles. The summed E-state index contributed by atoms with van der Waals surface area (Å²) in [6, 6.07) is 0. The number of rotatable bonds is 5. The smallest absolute Gasteiger partial charge is 0.341 e. The van der Waals surface area contributed by atoms with E-state index in [1.165, 1.54) is 11.3 Å². The van der Waals surface area contributed by atoms with Crippen LogP contribution in [-0.2, 0) is 27.2 Å². The molecule has 3 aliphatic rings. The summed E-state index contributed by atoms with van der Waals surface area (Å²) in [5, 5.41) is 13.1. The van der Waals surface area contributed by atoms with E-state index < -0.39 is 23.8 Å². The number of carbonyl (C=O) groups is 3. The molecule has 1 aromatic rings. The van der Waals surface area contributed by atoms with E-state index in [1.54, 1.807) is 13.8 Å². The van der Waals surface area contributed by atoms with Crippen LogP contribution in [0.4, 0.5) is 5.00 Å². The number of carbonyl (C=O) groups excluding carboxylic acids is 2. The minimum atomic E-state index is -0.930. The largest absolute Gasteiger partial charge is 0.481 e. The van der Waals surface area contributed by atoms with Crippen molar-refractivity contribution in [1.29, 1.82) is 0 Å². The quantitative estimate of drug-likeness (QED) is 0.560. The highest BCUT2D eigenvalue weighted by Crippen LogP contribution is 2.49. The van der Waals surface area contributed by atoms with Gasteiger partial charge in [-0.1, -0.05) is 19.1 Å². The molecule has 0 saturated heterocycles. The maximum Gasteiger partial charge on any atom is 0.341 e. The fraction of sp³-hybridized carbons (Fsp3) is 0.591. The highest BCUT2D eigenvalue weighted by Gasteiger charge is 2.51. The first-order valence-electron chi connectivity index (χ1n) is 10.3. The van der Waals surface area contributed by atoms with Crippen LogP contribution in [0.2, 0.25) is 0 Å². The van der Waals surface area contributed by atoms with E-state index in [0.29, 0.717) is 22.9 Å². The molecule has 1 fully saturated rings. The summed E-state index contributed by atoms with van der Waals surface area (Å²) >= 11 is 1.44. The van der Waals surface area contributed by atoms with E-state index in [4.69, 9.17) is 4.74 Å². The Morgan fingerprint density at radius 1 is 1.21 bits per heavy atom. The van der Waals surface area contributed by atoms with Crippen LogP contribution in [0.3, 0.4) is 0 Å². The number of aliphatic carboxylic acids is 1. The summed E-state index contributed by atoms with van der Waals surface area (Å²) in [5.41, 5.74) is 1.45. The van der Waals surface area contributed by atoms with E-state index in [2.05, 4.69) is 12.2 Å². The Kier molecular flexibility index (Phi) is 5.27. The van der Waals surface area contributed by atoms with Crippen LogP contribution in [0.25, 0.3) is 0 Å². The molecule has 2 N–H and O–H groups in total. The second kappa shape index (κ2) is 7.59. The first kappa shape index (κ1) is 20.1. The number of fused-ring (bicyclic) bond motifs is 3. The topological polar surface area (TPSA) is 92.7 Å². The number of carboxylic acid groups (broad SMARTS) is 1. The number of ether oxygens (including phenoxy) is 1. The predicted molar refractivity (Wildman–Crippen MR) is 110 cm³/mol. The van der Waals surface area contributed by atoms with Crippen molar-refractivity contribution in [3.05, 3.63) is 28.2 Å². The Labute approximate surface area is 174 Å². The van der Waals surface area contributed by atoms with Gasteiger partial charge in [0.05, 0.1) is 23.5 Å². The van der Waals surface area contributed by atoms with Gasteiger partial charge in [-0.05, 0) is 62.8 Å². The van der Waals surface area contributed by atoms with Gasteiger partial charge >= 0.3 is 11.9 Å². The minimum Gasteiger partial charge on any atom is -0.481 e. The van der Waals surface area contributed by atoms with Crippen LogP contribution >= 0.6 is 11.3 Å². The summed E-state index contributed by atoms with van der Waals surface area (Å²) in [6.45, 7) is 5.79. The maximum absolute atomic E-state index is 13.1. The van der Waals surface area contributed by atoms with Crippen molar-refractivity contribution >= 4 is 34.2 Å². The van der Waals surface area contributed by atoms with Crippen LogP contribution in [0.5, 0.6) is 0 Å². The molecule has 0 unspecified atom stereocenters. The summed E-state index contributed by atoms with van der Waals surface area (Å²) in [7, 11) is 0. The van der Waals surface area contributed by atoms with Gasteiger partial charge in [0.1, 0.15) is 5.00 Å². The van der Waals surface area contributed by atoms with Gasteiger partial charge in [-0.25, -0.2) is 4.79 Å². The zero-order valence-electron chi connectivity index (χ0n) is 16.9. The van der Waals surface area contributed by atoms with E-state index in [-0.39, 0.29) is 23.8 Å². The minimum absolute atomic E-state index is 0.0539. The standard InChI is InChI=1S/C22H27NO5S/c1-10(2)28-22(27)18-14-7-4-11(3)8-15(14)29-20(18)23-19(24)16-12-5-6-13(9-12)17(16)21(25)26/h5-6,10-13,16-17H,4,7-9H2,1-3H3,(H,23,24)(H,25,26)/t11-,12+,13+,16+,17+/m1/s1. The highest BCUT2D eigenvalue weighted by molar-refractivity contribution is 7.17. The second-order valence-corrected chi connectivity index (χ2v) is 9.94. The molecule has 0 spiro atoms. The van der Waals surface area contributed by atoms with Crippen molar-refractivity contribution in [2.24, 2.45) is 29.6 Å². The first-order chi connectivity index (χ1) is 13.8. The summed E-state index contributed by atoms with van der Waals surface area (Å²) in [4.78, 5) is 38.8. The van der Waals surface area contributed by atoms with Gasteiger partial charge in [0.25, 0.3) is 0 Å². The lowest BCUT2D eigenvalue weighted by atomic mass is 9.82. The monoisotopic (exact) mass is 417 g/mol. The Morgan fingerprint density at radius 3 is 2.55 bits per heavy atom. The number of allylic oxidation sites excluding steroid dienone is 2. The number of amides is 1. The van der Waals surface area contributed by atoms with Gasteiger partial charge in [0.15, 0.2) is 0 Å². The molecule has 29 heavy (non-hydrogen) atoms. The van der Waals surface area contributed by atoms with Crippen molar-refractivity contribution in [2.45, 2.75) is 52.6 Å². The van der Waals surface area contributed by atoms with Crippen molar-refractivity contribution in [3.8, 4) is 0 Å². The van der Waals surface area contributed by atoms with Crippen molar-refractivity contribution in [1.82, 2.24) is 0 Å². The Balaban J connectivity index is 1.64. The zero-order chi connectivity index (χ0) is 20.9. The molecule has 5 atom stereocenters. The van der Waals surface area contributed by atoms with Crippen LogP contribution in [0.1, 0.15) is 54.4 Å². The summed E-state index contributed by atoms with van der Waals surface area (Å²) in [5.74, 6) is -2.56. The van der Waals surface area contributed by atoms with Gasteiger partial charge in [-0.3, -0.25) is 9.59 Å². The molecular weight excluding hydrogens is 390 g/mol. The molecule has 7 heteroatoms. The second-order valence-electron chi connectivity index (χ2n) is 8.84. The van der Waals surface area contributed by atoms with Crippen molar-refractivity contribution in [2.75, 3.05) is 5.32 Å². The van der Waals surface area contributed by atoms with Crippen LogP contribution in [0.15, 0.2) is 12.2 Å². The molecule has 1 heterocycles. The SMILES string of the molecule is CC(C)OC(=O)c1c(NC(=O)[C@@H]2[C@@H](C(=O)O)[C@H]3C=C[C@H]2C3)sc2c1CC[C@@H](C)C2. The number of hydrogen-bond donors (Lipinski definition) is 2. The predicted octanol–water partition coefficient (Wildman–Crippen LogP) is 3.90. The number of esters is 1. The lowest BCUT2D eigenvalue weighted by Crippen LogP contribution is -2.36. The third kappa shape index (κ3) is 3.61. The fourth-order valence-corrected chi connectivity index (χ4v) is 6.44. The van der Waals surface area contributed by atoms with E-state index >= 15 is 0 Å². The van der Waals surface area contributed by atoms with Crippen LogP contribution in [-0.4, -0.2) is 29.1 Å². The average molecular weight is 418 g/mol. The molecule has 156 valence electrons. The number of anilines is 1. The molecule has 0 radical (unpaired) electrons. The lowest BCUT2D eigenvalue weighted by Gasteiger charge is -2.23. The number of hydrogen-bond acceptors (Lipinski definition) is 5.